The lowest BCUT2D eigenvalue weighted by molar-refractivity contribution is 0.182. The highest BCUT2D eigenvalue weighted by atomic mass is 32.1. The minimum Gasteiger partial charge on any atom is -0.291 e. The molecule has 6 heteroatoms. The third kappa shape index (κ3) is 6.57. The first-order valence-corrected chi connectivity index (χ1v) is 11.9. The zero-order valence-electron chi connectivity index (χ0n) is 16.9. The molecule has 0 aliphatic rings. The Kier molecular flexibility index (Phi) is 7.75. The summed E-state index contributed by atoms with van der Waals surface area (Å²) in [5, 5.41) is 4.30. The number of rotatable bonds is 11. The lowest BCUT2D eigenvalue weighted by Crippen LogP contribution is -2.34. The maximum Gasteiger partial charge on any atom is 0.0544 e. The van der Waals surface area contributed by atoms with Gasteiger partial charge in [-0.15, -0.1) is 22.7 Å². The van der Waals surface area contributed by atoms with Crippen LogP contribution in [0.25, 0.3) is 0 Å². The number of hydrogen-bond acceptors (Lipinski definition) is 6. The predicted octanol–water partition coefficient (Wildman–Crippen LogP) is 5.30. The number of aromatic nitrogens is 2. The third-order valence-electron chi connectivity index (χ3n) is 4.88. The molecule has 0 atom stereocenters. The summed E-state index contributed by atoms with van der Waals surface area (Å²) in [7, 11) is 0. The van der Waals surface area contributed by atoms with E-state index in [4.69, 9.17) is 0 Å². The van der Waals surface area contributed by atoms with E-state index in [9.17, 15) is 0 Å². The van der Waals surface area contributed by atoms with Gasteiger partial charge in [0, 0.05) is 61.4 Å². The van der Waals surface area contributed by atoms with Crippen molar-refractivity contribution in [3.8, 4) is 0 Å². The van der Waals surface area contributed by atoms with Crippen LogP contribution in [0.1, 0.15) is 21.1 Å². The highest BCUT2D eigenvalue weighted by Gasteiger charge is 2.14. The molecule has 4 aromatic heterocycles. The van der Waals surface area contributed by atoms with Gasteiger partial charge >= 0.3 is 0 Å². The number of nitrogens with zero attached hydrogens (tertiary/aromatic N) is 4. The first kappa shape index (κ1) is 20.9. The third-order valence-corrected chi connectivity index (χ3v) is 6.60. The minimum atomic E-state index is 0.856. The van der Waals surface area contributed by atoms with Gasteiger partial charge in [-0.2, -0.15) is 0 Å². The Balaban J connectivity index is 1.44. The molecule has 4 heterocycles. The van der Waals surface area contributed by atoms with Gasteiger partial charge in [0.1, 0.15) is 0 Å². The van der Waals surface area contributed by atoms with E-state index in [-0.39, 0.29) is 0 Å². The highest BCUT2D eigenvalue weighted by molar-refractivity contribution is 7.10. The number of hydrogen-bond donors (Lipinski definition) is 0. The Morgan fingerprint density at radius 2 is 1.07 bits per heavy atom. The van der Waals surface area contributed by atoms with Gasteiger partial charge in [0.25, 0.3) is 0 Å². The van der Waals surface area contributed by atoms with Crippen LogP contribution >= 0.6 is 22.7 Å². The molecule has 0 fully saturated rings. The van der Waals surface area contributed by atoms with Crippen LogP contribution in [0.3, 0.4) is 0 Å². The highest BCUT2D eigenvalue weighted by Crippen LogP contribution is 2.16. The van der Waals surface area contributed by atoms with Crippen molar-refractivity contribution in [2.75, 3.05) is 13.1 Å². The zero-order chi connectivity index (χ0) is 20.4. The maximum absolute atomic E-state index is 4.54. The topological polar surface area (TPSA) is 32.3 Å². The Morgan fingerprint density at radius 3 is 1.43 bits per heavy atom. The normalized spacial score (nSPS) is 11.4. The van der Waals surface area contributed by atoms with Gasteiger partial charge in [-0.3, -0.25) is 19.8 Å². The van der Waals surface area contributed by atoms with Crippen LogP contribution in [0.15, 0.2) is 83.8 Å². The van der Waals surface area contributed by atoms with Crippen LogP contribution in [-0.4, -0.2) is 32.9 Å². The molecule has 154 valence electrons. The van der Waals surface area contributed by atoms with Gasteiger partial charge in [0.05, 0.1) is 11.4 Å². The molecule has 4 nitrogen and oxygen atoms in total. The van der Waals surface area contributed by atoms with Gasteiger partial charge in [-0.05, 0) is 47.2 Å². The van der Waals surface area contributed by atoms with Crippen molar-refractivity contribution in [1.29, 1.82) is 0 Å². The summed E-state index contributed by atoms with van der Waals surface area (Å²) in [6.07, 6.45) is 3.76. The molecule has 0 bridgehead atoms. The fraction of sp³-hybridized carbons (Fsp3) is 0.250. The molecule has 4 rings (SSSR count). The summed E-state index contributed by atoms with van der Waals surface area (Å²) in [5.74, 6) is 0. The molecule has 0 saturated heterocycles. The van der Waals surface area contributed by atoms with Crippen molar-refractivity contribution in [2.45, 2.75) is 26.2 Å². The SMILES string of the molecule is c1ccc(CN(CCN(Cc2ccccn2)Cc2cccs2)Cc2cccs2)nc1. The van der Waals surface area contributed by atoms with E-state index in [0.717, 1.165) is 50.7 Å². The minimum absolute atomic E-state index is 0.856. The average Bonchev–Trinajstić information content (AvgIpc) is 3.48. The van der Waals surface area contributed by atoms with Crippen molar-refractivity contribution in [1.82, 2.24) is 19.8 Å². The second kappa shape index (κ2) is 11.1. The van der Waals surface area contributed by atoms with E-state index in [2.05, 4.69) is 79.1 Å². The maximum atomic E-state index is 4.54. The van der Waals surface area contributed by atoms with Crippen LogP contribution < -0.4 is 0 Å². The van der Waals surface area contributed by atoms with Gasteiger partial charge in [-0.1, -0.05) is 24.3 Å². The standard InChI is InChI=1S/C24H26N4S2/c1-3-11-25-21(7-1)17-27(19-23-9-5-15-29-23)13-14-28(20-24-10-6-16-30-24)18-22-8-2-4-12-26-22/h1-12,15-16H,13-14,17-20H2. The van der Waals surface area contributed by atoms with E-state index in [1.807, 2.05) is 47.2 Å². The molecule has 30 heavy (non-hydrogen) atoms. The van der Waals surface area contributed by atoms with Crippen LogP contribution in [0.5, 0.6) is 0 Å². The van der Waals surface area contributed by atoms with Crippen molar-refractivity contribution in [2.24, 2.45) is 0 Å². The summed E-state index contributed by atoms with van der Waals surface area (Å²) >= 11 is 3.64. The molecular formula is C24H26N4S2. The largest absolute Gasteiger partial charge is 0.291 e. The Labute approximate surface area is 186 Å². The van der Waals surface area contributed by atoms with E-state index in [1.165, 1.54) is 9.75 Å². The number of pyridine rings is 2. The molecule has 0 radical (unpaired) electrons. The predicted molar refractivity (Wildman–Crippen MR) is 125 cm³/mol. The molecule has 0 aliphatic carbocycles. The van der Waals surface area contributed by atoms with Crippen molar-refractivity contribution >= 4 is 22.7 Å². The lowest BCUT2D eigenvalue weighted by atomic mass is 10.3. The monoisotopic (exact) mass is 434 g/mol. The molecule has 0 unspecified atom stereocenters. The summed E-state index contributed by atoms with van der Waals surface area (Å²) < 4.78 is 0. The number of thiophene rings is 2. The summed E-state index contributed by atoms with van der Waals surface area (Å²) in [6.45, 7) is 5.57. The fourth-order valence-electron chi connectivity index (χ4n) is 3.40. The van der Waals surface area contributed by atoms with E-state index in [1.54, 1.807) is 0 Å². The second-order valence-corrected chi connectivity index (χ2v) is 9.29. The molecular weight excluding hydrogens is 408 g/mol. The summed E-state index contributed by atoms with van der Waals surface area (Å²) in [5.41, 5.74) is 2.23. The second-order valence-electron chi connectivity index (χ2n) is 7.22. The smallest absolute Gasteiger partial charge is 0.0544 e. The van der Waals surface area contributed by atoms with Crippen LogP contribution in [0.4, 0.5) is 0 Å². The average molecular weight is 435 g/mol. The van der Waals surface area contributed by atoms with Crippen molar-refractivity contribution in [3.05, 3.63) is 105 Å². The Bertz CT molecular complexity index is 875. The zero-order valence-corrected chi connectivity index (χ0v) is 18.6. The molecule has 0 amide bonds. The Morgan fingerprint density at radius 1 is 0.567 bits per heavy atom. The van der Waals surface area contributed by atoms with Crippen molar-refractivity contribution in [3.63, 3.8) is 0 Å². The van der Waals surface area contributed by atoms with Crippen LogP contribution in [-0.2, 0) is 26.2 Å². The molecule has 0 saturated carbocycles. The van der Waals surface area contributed by atoms with E-state index in [0.29, 0.717) is 0 Å². The fourth-order valence-corrected chi connectivity index (χ4v) is 4.89. The van der Waals surface area contributed by atoms with Crippen LogP contribution in [0.2, 0.25) is 0 Å². The van der Waals surface area contributed by atoms with Crippen molar-refractivity contribution < 1.29 is 0 Å². The molecule has 0 aliphatic heterocycles. The van der Waals surface area contributed by atoms with Gasteiger partial charge < -0.3 is 0 Å². The van der Waals surface area contributed by atoms with Gasteiger partial charge in [0.15, 0.2) is 0 Å². The lowest BCUT2D eigenvalue weighted by Gasteiger charge is -2.27. The van der Waals surface area contributed by atoms with Crippen LogP contribution in [0, 0.1) is 0 Å². The van der Waals surface area contributed by atoms with Gasteiger partial charge in [-0.25, -0.2) is 0 Å². The molecule has 0 aromatic carbocycles. The van der Waals surface area contributed by atoms with E-state index >= 15 is 0 Å². The first-order valence-electron chi connectivity index (χ1n) is 10.1. The summed E-state index contributed by atoms with van der Waals surface area (Å²) in [4.78, 5) is 16.9. The summed E-state index contributed by atoms with van der Waals surface area (Å²) in [6, 6.07) is 21.0. The van der Waals surface area contributed by atoms with E-state index < -0.39 is 0 Å². The Hall–Kier alpha value is -2.38. The quantitative estimate of drug-likeness (QED) is 0.320. The molecule has 4 aromatic rings. The van der Waals surface area contributed by atoms with Gasteiger partial charge in [0.2, 0.25) is 0 Å². The molecule has 0 spiro atoms. The first-order chi connectivity index (χ1) is 14.8. The molecule has 0 N–H and O–H groups in total.